The van der Waals surface area contributed by atoms with Crippen molar-refractivity contribution in [3.05, 3.63) is 29.3 Å². The Morgan fingerprint density at radius 1 is 1.23 bits per heavy atom. The molecule has 0 aromatic heterocycles. The van der Waals surface area contributed by atoms with E-state index in [-0.39, 0.29) is 12.2 Å². The Bertz CT molecular complexity index is 580. The number of benzene rings is 1. The summed E-state index contributed by atoms with van der Waals surface area (Å²) in [7, 11) is -3.35. The van der Waals surface area contributed by atoms with Crippen LogP contribution < -0.4 is 4.74 Å². The van der Waals surface area contributed by atoms with Crippen molar-refractivity contribution in [2.75, 3.05) is 32.5 Å². The first-order chi connectivity index (χ1) is 10.3. The van der Waals surface area contributed by atoms with Crippen molar-refractivity contribution in [3.63, 3.8) is 0 Å². The number of nitrogens with zero attached hydrogens (tertiary/aromatic N) is 1. The summed E-state index contributed by atoms with van der Waals surface area (Å²) >= 11 is 5.87. The lowest BCUT2D eigenvalue weighted by atomic mass is 9.93. The van der Waals surface area contributed by atoms with Crippen LogP contribution in [0.2, 0.25) is 5.02 Å². The van der Waals surface area contributed by atoms with Gasteiger partial charge in [0.15, 0.2) is 0 Å². The fourth-order valence-electron chi connectivity index (χ4n) is 2.46. The van der Waals surface area contributed by atoms with Crippen molar-refractivity contribution in [1.29, 1.82) is 0 Å². The molecule has 0 atom stereocenters. The van der Waals surface area contributed by atoms with Crippen LogP contribution in [0.3, 0.4) is 0 Å². The van der Waals surface area contributed by atoms with Crippen molar-refractivity contribution in [3.8, 4) is 5.75 Å². The van der Waals surface area contributed by atoms with Crippen molar-refractivity contribution in [2.24, 2.45) is 0 Å². The first-order valence-corrected chi connectivity index (χ1v) is 9.47. The van der Waals surface area contributed by atoms with Gasteiger partial charge < -0.3 is 9.64 Å². The fourth-order valence-corrected chi connectivity index (χ4v) is 2.96. The van der Waals surface area contributed by atoms with E-state index >= 15 is 0 Å². The fraction of sp³-hybridized carbons (Fsp3) is 0.600. The van der Waals surface area contributed by atoms with E-state index in [9.17, 15) is 8.42 Å². The number of halogens is 1. The molecular weight excluding hydrogens is 326 g/mol. The third-order valence-corrected chi connectivity index (χ3v) is 4.64. The summed E-state index contributed by atoms with van der Waals surface area (Å²) in [6.07, 6.45) is 2.84. The molecule has 1 saturated heterocycles. The Morgan fingerprint density at radius 3 is 2.36 bits per heavy atom. The topological polar surface area (TPSA) is 55.8 Å². The first-order valence-electron chi connectivity index (χ1n) is 7.27. The monoisotopic (exact) mass is 347 g/mol. The quantitative estimate of drug-likeness (QED) is 0.740. The summed E-state index contributed by atoms with van der Waals surface area (Å²) in [6.45, 7) is 4.64. The highest BCUT2D eigenvalue weighted by atomic mass is 35.5. The van der Waals surface area contributed by atoms with Gasteiger partial charge in [-0.1, -0.05) is 11.6 Å². The second kappa shape index (κ2) is 7.17. The Hall–Kier alpha value is -0.820. The van der Waals surface area contributed by atoms with Crippen LogP contribution in [0.15, 0.2) is 24.3 Å². The minimum absolute atomic E-state index is 0.202. The third kappa shape index (κ3) is 5.76. The van der Waals surface area contributed by atoms with Crippen LogP contribution >= 0.6 is 11.6 Å². The van der Waals surface area contributed by atoms with E-state index in [1.165, 1.54) is 0 Å². The summed E-state index contributed by atoms with van der Waals surface area (Å²) in [5, 5.41) is 0.693. The van der Waals surface area contributed by atoms with E-state index in [1.807, 2.05) is 24.3 Å². The molecule has 1 fully saturated rings. The van der Waals surface area contributed by atoms with Crippen LogP contribution in [-0.2, 0) is 14.3 Å². The lowest BCUT2D eigenvalue weighted by Gasteiger charge is -2.39. The molecule has 22 heavy (non-hydrogen) atoms. The second-order valence-electron chi connectivity index (χ2n) is 5.87. The highest BCUT2D eigenvalue weighted by Gasteiger charge is 2.31. The van der Waals surface area contributed by atoms with Crippen LogP contribution in [-0.4, -0.2) is 51.4 Å². The summed E-state index contributed by atoms with van der Waals surface area (Å²) in [6, 6.07) is 7.38. The Balaban J connectivity index is 1.79. The first kappa shape index (κ1) is 17.5. The van der Waals surface area contributed by atoms with E-state index in [1.54, 1.807) is 0 Å². The van der Waals surface area contributed by atoms with Gasteiger partial charge in [-0.05, 0) is 44.0 Å². The number of hydrogen-bond donors (Lipinski definition) is 0. The van der Waals surface area contributed by atoms with E-state index < -0.39 is 10.1 Å². The molecule has 5 nitrogen and oxygen atoms in total. The summed E-state index contributed by atoms with van der Waals surface area (Å²) in [4.78, 5) is 2.19. The van der Waals surface area contributed by atoms with Gasteiger partial charge in [-0.3, -0.25) is 4.18 Å². The molecule has 0 bridgehead atoms. The van der Waals surface area contributed by atoms with Gasteiger partial charge in [0.25, 0.3) is 10.1 Å². The van der Waals surface area contributed by atoms with Gasteiger partial charge in [-0.15, -0.1) is 0 Å². The standard InChI is InChI=1S/C15H22ClNO4S/c1-15(21-14-5-3-13(16)4-6-14)7-9-17(10-8-15)11-12-20-22(2,18)19/h3-6H,7-12H2,1-2H3. The zero-order chi connectivity index (χ0) is 16.2. The minimum atomic E-state index is -3.35. The number of ether oxygens (including phenoxy) is 1. The smallest absolute Gasteiger partial charge is 0.264 e. The molecule has 1 aliphatic rings. The van der Waals surface area contributed by atoms with Gasteiger partial charge in [0.1, 0.15) is 11.4 Å². The molecule has 0 amide bonds. The van der Waals surface area contributed by atoms with Gasteiger partial charge in [0.2, 0.25) is 0 Å². The minimum Gasteiger partial charge on any atom is -0.487 e. The Morgan fingerprint density at radius 2 is 1.82 bits per heavy atom. The van der Waals surface area contributed by atoms with E-state index in [0.717, 1.165) is 37.9 Å². The van der Waals surface area contributed by atoms with Crippen LogP contribution in [0.25, 0.3) is 0 Å². The zero-order valence-electron chi connectivity index (χ0n) is 12.9. The van der Waals surface area contributed by atoms with Crippen LogP contribution in [0.4, 0.5) is 0 Å². The molecule has 124 valence electrons. The number of piperidine rings is 1. The lowest BCUT2D eigenvalue weighted by molar-refractivity contribution is 0.0137. The second-order valence-corrected chi connectivity index (χ2v) is 7.95. The summed E-state index contributed by atoms with van der Waals surface area (Å²) in [5.74, 6) is 0.820. The van der Waals surface area contributed by atoms with Gasteiger partial charge in [0, 0.05) is 24.7 Å². The normalized spacial score (nSPS) is 19.0. The molecule has 2 rings (SSSR count). The van der Waals surface area contributed by atoms with Gasteiger partial charge in [0.05, 0.1) is 12.9 Å². The molecule has 0 saturated carbocycles. The number of rotatable bonds is 6. The van der Waals surface area contributed by atoms with Crippen molar-refractivity contribution >= 4 is 21.7 Å². The molecule has 0 aliphatic carbocycles. The molecule has 1 heterocycles. The molecule has 0 unspecified atom stereocenters. The number of likely N-dealkylation sites (tertiary alicyclic amines) is 1. The molecule has 0 spiro atoms. The van der Waals surface area contributed by atoms with E-state index in [0.29, 0.717) is 11.6 Å². The molecule has 1 aliphatic heterocycles. The van der Waals surface area contributed by atoms with E-state index in [4.69, 9.17) is 20.5 Å². The van der Waals surface area contributed by atoms with Crippen molar-refractivity contribution < 1.29 is 17.3 Å². The van der Waals surface area contributed by atoms with Gasteiger partial charge >= 0.3 is 0 Å². The van der Waals surface area contributed by atoms with Gasteiger partial charge in [-0.2, -0.15) is 8.42 Å². The summed E-state index contributed by atoms with van der Waals surface area (Å²) in [5.41, 5.74) is -0.206. The molecule has 0 N–H and O–H groups in total. The van der Waals surface area contributed by atoms with Crippen LogP contribution in [0, 0.1) is 0 Å². The largest absolute Gasteiger partial charge is 0.487 e. The van der Waals surface area contributed by atoms with Crippen LogP contribution in [0.1, 0.15) is 19.8 Å². The molecule has 1 aromatic carbocycles. The number of hydrogen-bond acceptors (Lipinski definition) is 5. The van der Waals surface area contributed by atoms with E-state index in [2.05, 4.69) is 11.8 Å². The van der Waals surface area contributed by atoms with Gasteiger partial charge in [-0.25, -0.2) is 0 Å². The van der Waals surface area contributed by atoms with Crippen LogP contribution in [0.5, 0.6) is 5.75 Å². The SMILES string of the molecule is CC1(Oc2ccc(Cl)cc2)CCN(CCOS(C)(=O)=O)CC1. The predicted molar refractivity (Wildman–Crippen MR) is 87.0 cm³/mol. The van der Waals surface area contributed by atoms with Crippen molar-refractivity contribution in [1.82, 2.24) is 4.90 Å². The predicted octanol–water partition coefficient (Wildman–Crippen LogP) is 2.55. The molecule has 7 heteroatoms. The highest BCUT2D eigenvalue weighted by molar-refractivity contribution is 7.85. The average molecular weight is 348 g/mol. The molecule has 0 radical (unpaired) electrons. The zero-order valence-corrected chi connectivity index (χ0v) is 14.5. The Kier molecular flexibility index (Phi) is 5.71. The maximum absolute atomic E-state index is 10.9. The van der Waals surface area contributed by atoms with Crippen molar-refractivity contribution in [2.45, 2.75) is 25.4 Å². The average Bonchev–Trinajstić information content (AvgIpc) is 2.43. The maximum Gasteiger partial charge on any atom is 0.264 e. The maximum atomic E-state index is 10.9. The molecular formula is C15H22ClNO4S. The molecule has 1 aromatic rings. The Labute approximate surface area is 137 Å². The lowest BCUT2D eigenvalue weighted by Crippen LogP contribution is -2.46. The highest BCUT2D eigenvalue weighted by Crippen LogP contribution is 2.29. The third-order valence-electron chi connectivity index (χ3n) is 3.80. The summed E-state index contributed by atoms with van der Waals surface area (Å²) < 4.78 is 32.7.